The average molecular weight is 308 g/mol. The number of nitrogens with one attached hydrogen (secondary N) is 1. The molecule has 2 aromatic carbocycles. The molecule has 2 bridgehead atoms. The third-order valence-electron chi connectivity index (χ3n) is 4.78. The lowest BCUT2D eigenvalue weighted by atomic mass is 9.90. The molecule has 118 valence electrons. The summed E-state index contributed by atoms with van der Waals surface area (Å²) in [7, 11) is 0. The van der Waals surface area contributed by atoms with Crippen molar-refractivity contribution in [3.63, 3.8) is 0 Å². The number of aryl methyl sites for hydroxylation is 1. The quantitative estimate of drug-likeness (QED) is 0.910. The zero-order chi connectivity index (χ0) is 16.0. The van der Waals surface area contributed by atoms with Crippen molar-refractivity contribution in [3.8, 4) is 5.75 Å². The highest BCUT2D eigenvalue weighted by molar-refractivity contribution is 5.94. The number of benzene rings is 2. The van der Waals surface area contributed by atoms with Crippen LogP contribution in [-0.4, -0.2) is 11.8 Å². The van der Waals surface area contributed by atoms with Crippen LogP contribution in [0.4, 0.5) is 10.5 Å². The Balaban J connectivity index is 1.76. The first-order chi connectivity index (χ1) is 11.1. The molecule has 4 rings (SSSR count). The molecule has 0 aliphatic carbocycles. The van der Waals surface area contributed by atoms with Gasteiger partial charge in [-0.2, -0.15) is 0 Å². The van der Waals surface area contributed by atoms with E-state index >= 15 is 0 Å². The molecule has 2 aliphatic heterocycles. The first kappa shape index (κ1) is 14.1. The third kappa shape index (κ3) is 2.17. The van der Waals surface area contributed by atoms with Crippen LogP contribution >= 0.6 is 0 Å². The molecule has 2 heterocycles. The summed E-state index contributed by atoms with van der Waals surface area (Å²) in [6, 6.07) is 15.9. The van der Waals surface area contributed by atoms with Crippen molar-refractivity contribution in [2.24, 2.45) is 0 Å². The Kier molecular flexibility index (Phi) is 3.08. The topological polar surface area (TPSA) is 41.6 Å². The van der Waals surface area contributed by atoms with E-state index in [2.05, 4.69) is 24.4 Å². The molecule has 4 heteroatoms. The molecule has 1 N–H and O–H groups in total. The molecule has 0 unspecified atom stereocenters. The molecule has 0 aromatic heterocycles. The molecule has 2 aliphatic rings. The van der Waals surface area contributed by atoms with Crippen LogP contribution in [0.3, 0.4) is 0 Å². The molecule has 1 saturated heterocycles. The van der Waals surface area contributed by atoms with Gasteiger partial charge in [-0.3, -0.25) is 4.90 Å². The maximum absolute atomic E-state index is 12.7. The summed E-state index contributed by atoms with van der Waals surface area (Å²) in [5.41, 5.74) is 2.50. The number of carbonyl (C=O) groups excluding carboxylic acids is 1. The molecule has 2 aromatic rings. The molecule has 23 heavy (non-hydrogen) atoms. The van der Waals surface area contributed by atoms with Crippen molar-refractivity contribution in [2.75, 3.05) is 4.90 Å². The minimum Gasteiger partial charge on any atom is -0.467 e. The lowest BCUT2D eigenvalue weighted by Crippen LogP contribution is -2.65. The maximum Gasteiger partial charge on any atom is 0.325 e. The summed E-state index contributed by atoms with van der Waals surface area (Å²) < 4.78 is 6.25. The number of rotatable bonds is 2. The Morgan fingerprint density at radius 3 is 2.70 bits per heavy atom. The van der Waals surface area contributed by atoms with Gasteiger partial charge in [0, 0.05) is 17.7 Å². The lowest BCUT2D eigenvalue weighted by molar-refractivity contribution is 0.0379. The Hall–Kier alpha value is -2.49. The van der Waals surface area contributed by atoms with E-state index in [1.54, 1.807) is 4.90 Å². The molecular formula is C19H20N2O2. The highest BCUT2D eigenvalue weighted by Crippen LogP contribution is 2.45. The number of fused-ring (bicyclic) bond motifs is 4. The van der Waals surface area contributed by atoms with E-state index in [1.165, 1.54) is 5.56 Å². The van der Waals surface area contributed by atoms with Gasteiger partial charge in [-0.1, -0.05) is 37.3 Å². The first-order valence-electron chi connectivity index (χ1n) is 8.08. The van der Waals surface area contributed by atoms with Gasteiger partial charge in [0.15, 0.2) is 5.72 Å². The lowest BCUT2D eigenvalue weighted by Gasteiger charge is -2.50. The van der Waals surface area contributed by atoms with Gasteiger partial charge in [-0.15, -0.1) is 0 Å². The predicted octanol–water partition coefficient (Wildman–Crippen LogP) is 4.02. The largest absolute Gasteiger partial charge is 0.467 e. The van der Waals surface area contributed by atoms with Gasteiger partial charge in [0.1, 0.15) is 5.75 Å². The van der Waals surface area contributed by atoms with Crippen LogP contribution in [0.1, 0.15) is 37.4 Å². The van der Waals surface area contributed by atoms with E-state index in [0.29, 0.717) is 0 Å². The second-order valence-corrected chi connectivity index (χ2v) is 6.38. The zero-order valence-corrected chi connectivity index (χ0v) is 13.4. The van der Waals surface area contributed by atoms with Crippen LogP contribution in [0.2, 0.25) is 0 Å². The summed E-state index contributed by atoms with van der Waals surface area (Å²) in [6.07, 6.45) is 1.71. The second kappa shape index (κ2) is 5.01. The summed E-state index contributed by atoms with van der Waals surface area (Å²) >= 11 is 0. The maximum atomic E-state index is 12.7. The summed E-state index contributed by atoms with van der Waals surface area (Å²) in [5.74, 6) is 0.849. The van der Waals surface area contributed by atoms with E-state index in [0.717, 1.165) is 29.8 Å². The zero-order valence-electron chi connectivity index (χ0n) is 13.4. The van der Waals surface area contributed by atoms with E-state index in [9.17, 15) is 4.79 Å². The minimum absolute atomic E-state index is 0.00335. The van der Waals surface area contributed by atoms with E-state index in [4.69, 9.17) is 4.74 Å². The van der Waals surface area contributed by atoms with Crippen LogP contribution in [0.5, 0.6) is 5.75 Å². The molecule has 2 amide bonds. The van der Waals surface area contributed by atoms with Gasteiger partial charge in [0.25, 0.3) is 0 Å². The Morgan fingerprint density at radius 2 is 1.96 bits per heavy atom. The van der Waals surface area contributed by atoms with E-state index in [-0.39, 0.29) is 12.1 Å². The molecule has 4 nitrogen and oxygen atoms in total. The molecule has 0 radical (unpaired) electrons. The van der Waals surface area contributed by atoms with Crippen molar-refractivity contribution in [3.05, 3.63) is 59.7 Å². The summed E-state index contributed by atoms with van der Waals surface area (Å²) in [4.78, 5) is 14.4. The number of hydrogen-bond donors (Lipinski definition) is 1. The fourth-order valence-corrected chi connectivity index (χ4v) is 3.59. The standard InChI is InChI=1S/C19H20N2O2/c1-3-13-8-10-14(11-9-13)21-18(22)20-16-12-19(21,2)23-17-7-5-4-6-15(16)17/h4-11,16H,3,12H2,1-2H3,(H,20,22)/t16-,19-/m1/s1. The first-order valence-corrected chi connectivity index (χ1v) is 8.08. The SMILES string of the molecule is CCc1ccc(N2C(=O)N[C@@H]3C[C@@]2(C)Oc2ccccc23)cc1. The summed E-state index contributed by atoms with van der Waals surface area (Å²) in [6.45, 7) is 4.11. The fourth-order valence-electron chi connectivity index (χ4n) is 3.59. The highest BCUT2D eigenvalue weighted by atomic mass is 16.5. The van der Waals surface area contributed by atoms with Crippen molar-refractivity contribution in [1.82, 2.24) is 5.32 Å². The van der Waals surface area contributed by atoms with Crippen molar-refractivity contribution < 1.29 is 9.53 Å². The van der Waals surface area contributed by atoms with Gasteiger partial charge in [0.05, 0.1) is 6.04 Å². The van der Waals surface area contributed by atoms with Crippen LogP contribution < -0.4 is 15.0 Å². The fraction of sp³-hybridized carbons (Fsp3) is 0.316. The van der Waals surface area contributed by atoms with Gasteiger partial charge in [-0.05, 0) is 37.1 Å². The van der Waals surface area contributed by atoms with Crippen molar-refractivity contribution in [2.45, 2.75) is 38.5 Å². The number of para-hydroxylation sites is 1. The Morgan fingerprint density at radius 1 is 1.22 bits per heavy atom. The number of hydrogen-bond acceptors (Lipinski definition) is 2. The van der Waals surface area contributed by atoms with Crippen LogP contribution in [0, 0.1) is 0 Å². The van der Waals surface area contributed by atoms with Gasteiger partial charge in [0.2, 0.25) is 0 Å². The number of anilines is 1. The molecule has 0 spiro atoms. The molecular weight excluding hydrogens is 288 g/mol. The monoisotopic (exact) mass is 308 g/mol. The van der Waals surface area contributed by atoms with Crippen molar-refractivity contribution in [1.29, 1.82) is 0 Å². The second-order valence-electron chi connectivity index (χ2n) is 6.38. The summed E-state index contributed by atoms with van der Waals surface area (Å²) in [5, 5.41) is 3.11. The van der Waals surface area contributed by atoms with Gasteiger partial charge >= 0.3 is 6.03 Å². The van der Waals surface area contributed by atoms with E-state index in [1.807, 2.05) is 43.3 Å². The smallest absolute Gasteiger partial charge is 0.325 e. The Bertz CT molecular complexity index is 756. The van der Waals surface area contributed by atoms with Crippen LogP contribution in [-0.2, 0) is 6.42 Å². The average Bonchev–Trinajstić information content (AvgIpc) is 2.54. The third-order valence-corrected chi connectivity index (χ3v) is 4.78. The normalized spacial score (nSPS) is 25.4. The Labute approximate surface area is 136 Å². The number of ether oxygens (including phenoxy) is 1. The van der Waals surface area contributed by atoms with Crippen LogP contribution in [0.15, 0.2) is 48.5 Å². The number of urea groups is 1. The molecule has 1 fully saturated rings. The van der Waals surface area contributed by atoms with Gasteiger partial charge in [-0.25, -0.2) is 4.79 Å². The van der Waals surface area contributed by atoms with E-state index < -0.39 is 5.72 Å². The van der Waals surface area contributed by atoms with Crippen LogP contribution in [0.25, 0.3) is 0 Å². The minimum atomic E-state index is -0.672. The molecule has 2 atom stereocenters. The van der Waals surface area contributed by atoms with Gasteiger partial charge < -0.3 is 10.1 Å². The predicted molar refractivity (Wildman–Crippen MR) is 89.7 cm³/mol. The van der Waals surface area contributed by atoms with Crippen molar-refractivity contribution >= 4 is 11.7 Å². The highest BCUT2D eigenvalue weighted by Gasteiger charge is 2.49. The number of nitrogens with zero attached hydrogens (tertiary/aromatic N) is 1. The molecule has 0 saturated carbocycles. The number of amides is 2. The number of carbonyl (C=O) groups is 1.